The molecule has 130 valence electrons. The third kappa shape index (κ3) is 4.97. The maximum Gasteiger partial charge on any atom is 0.242 e. The van der Waals surface area contributed by atoms with Crippen molar-refractivity contribution in [2.24, 2.45) is 5.92 Å². The zero-order valence-electron chi connectivity index (χ0n) is 13.2. The lowest BCUT2D eigenvalue weighted by Gasteiger charge is -2.20. The number of likely N-dealkylation sites (tertiary alicyclic amines) is 1. The number of rotatable bonds is 6. The van der Waals surface area contributed by atoms with Crippen molar-refractivity contribution in [1.29, 1.82) is 0 Å². The van der Waals surface area contributed by atoms with Crippen LogP contribution in [0, 0.1) is 5.92 Å². The molecule has 0 aliphatic carbocycles. The summed E-state index contributed by atoms with van der Waals surface area (Å²) in [5.74, 6) is 0.705. The predicted octanol–water partition coefficient (Wildman–Crippen LogP) is 4.05. The molecule has 0 saturated carbocycles. The molecule has 0 amide bonds. The van der Waals surface area contributed by atoms with Gasteiger partial charge in [0, 0.05) is 19.1 Å². The number of nitrogens with one attached hydrogen (secondary N) is 1. The largest absolute Gasteiger partial charge is 0.300 e. The van der Waals surface area contributed by atoms with Gasteiger partial charge in [0.15, 0.2) is 0 Å². The summed E-state index contributed by atoms with van der Waals surface area (Å²) in [5, 5.41) is 0.456. The van der Waals surface area contributed by atoms with Crippen molar-refractivity contribution in [2.75, 3.05) is 19.6 Å². The highest BCUT2D eigenvalue weighted by atomic mass is 35.5. The molecule has 0 aromatic heterocycles. The molecular formula is C15H21Cl3N2O2S. The zero-order valence-corrected chi connectivity index (χ0v) is 16.2. The van der Waals surface area contributed by atoms with Crippen molar-refractivity contribution in [3.05, 3.63) is 27.2 Å². The Bertz CT molecular complexity index is 667. The Morgan fingerprint density at radius 2 is 1.83 bits per heavy atom. The van der Waals surface area contributed by atoms with E-state index in [-0.39, 0.29) is 20.0 Å². The van der Waals surface area contributed by atoms with Crippen molar-refractivity contribution >= 4 is 44.8 Å². The van der Waals surface area contributed by atoms with Gasteiger partial charge in [-0.3, -0.25) is 0 Å². The van der Waals surface area contributed by atoms with Crippen LogP contribution < -0.4 is 4.72 Å². The van der Waals surface area contributed by atoms with Gasteiger partial charge in [0.25, 0.3) is 0 Å². The van der Waals surface area contributed by atoms with Gasteiger partial charge in [-0.15, -0.1) is 0 Å². The van der Waals surface area contributed by atoms with Crippen LogP contribution in [0.5, 0.6) is 0 Å². The van der Waals surface area contributed by atoms with Crippen LogP contribution in [0.4, 0.5) is 0 Å². The Hall–Kier alpha value is -0.0400. The zero-order chi connectivity index (χ0) is 17.2. The first-order valence-corrected chi connectivity index (χ1v) is 10.2. The summed E-state index contributed by atoms with van der Waals surface area (Å²) in [5.41, 5.74) is 0. The summed E-state index contributed by atoms with van der Waals surface area (Å²) in [6.07, 6.45) is 1.94. The van der Waals surface area contributed by atoms with Crippen molar-refractivity contribution in [1.82, 2.24) is 9.62 Å². The standard InChI is InChI=1S/C15H21Cl3N2O2S/c1-10-6-11(2)20(9-10)5-3-4-19-23(21,22)15-8-13(17)12(16)7-14(15)18/h7-8,10-11,19H,3-6,9H2,1-2H3. The van der Waals surface area contributed by atoms with Gasteiger partial charge < -0.3 is 4.90 Å². The molecule has 1 aliphatic rings. The molecule has 1 aliphatic heterocycles. The van der Waals surface area contributed by atoms with Crippen LogP contribution in [0.15, 0.2) is 17.0 Å². The van der Waals surface area contributed by atoms with Gasteiger partial charge >= 0.3 is 0 Å². The molecule has 1 aromatic carbocycles. The van der Waals surface area contributed by atoms with Crippen LogP contribution in [0.25, 0.3) is 0 Å². The van der Waals surface area contributed by atoms with E-state index in [4.69, 9.17) is 34.8 Å². The molecule has 2 rings (SSSR count). The second-order valence-corrected chi connectivity index (χ2v) is 9.09. The molecule has 0 radical (unpaired) electrons. The molecule has 1 N–H and O–H groups in total. The lowest BCUT2D eigenvalue weighted by atomic mass is 10.1. The second kappa shape index (κ2) is 7.89. The molecule has 4 nitrogen and oxygen atoms in total. The average molecular weight is 400 g/mol. The van der Waals surface area contributed by atoms with E-state index in [0.29, 0.717) is 18.5 Å². The molecule has 0 bridgehead atoms. The van der Waals surface area contributed by atoms with E-state index < -0.39 is 10.0 Å². The highest BCUT2D eigenvalue weighted by Gasteiger charge is 2.25. The van der Waals surface area contributed by atoms with Crippen molar-refractivity contribution in [3.8, 4) is 0 Å². The molecule has 1 heterocycles. The Balaban J connectivity index is 1.91. The van der Waals surface area contributed by atoms with E-state index in [1.807, 2.05) is 0 Å². The first-order chi connectivity index (χ1) is 10.7. The second-order valence-electron chi connectivity index (χ2n) is 6.13. The fourth-order valence-electron chi connectivity index (χ4n) is 2.97. The van der Waals surface area contributed by atoms with Gasteiger partial charge in [-0.05, 0) is 44.4 Å². The smallest absolute Gasteiger partial charge is 0.242 e. The van der Waals surface area contributed by atoms with E-state index in [1.165, 1.54) is 18.6 Å². The third-order valence-electron chi connectivity index (χ3n) is 4.09. The first kappa shape index (κ1) is 19.3. The number of sulfonamides is 1. The fourth-order valence-corrected chi connectivity index (χ4v) is 5.05. The number of halogens is 3. The minimum absolute atomic E-state index is 0.0447. The third-order valence-corrected chi connectivity index (χ3v) is 6.74. The van der Waals surface area contributed by atoms with Crippen LogP contribution in [-0.4, -0.2) is 39.0 Å². The highest BCUT2D eigenvalue weighted by molar-refractivity contribution is 7.89. The molecule has 1 fully saturated rings. The molecule has 23 heavy (non-hydrogen) atoms. The summed E-state index contributed by atoms with van der Waals surface area (Å²) >= 11 is 17.7. The Labute approximate surface area is 153 Å². The predicted molar refractivity (Wildman–Crippen MR) is 96.1 cm³/mol. The number of hydrogen-bond donors (Lipinski definition) is 1. The first-order valence-electron chi connectivity index (χ1n) is 7.59. The van der Waals surface area contributed by atoms with Crippen molar-refractivity contribution in [3.63, 3.8) is 0 Å². The highest BCUT2D eigenvalue weighted by Crippen LogP contribution is 2.31. The van der Waals surface area contributed by atoms with Crippen LogP contribution >= 0.6 is 34.8 Å². The summed E-state index contributed by atoms with van der Waals surface area (Å²) < 4.78 is 27.2. The van der Waals surface area contributed by atoms with Gasteiger partial charge in [0.05, 0.1) is 15.1 Å². The van der Waals surface area contributed by atoms with Gasteiger partial charge in [-0.2, -0.15) is 0 Å². The van der Waals surface area contributed by atoms with Crippen molar-refractivity contribution in [2.45, 2.75) is 37.6 Å². The summed E-state index contributed by atoms with van der Waals surface area (Å²) in [6, 6.07) is 3.18. The average Bonchev–Trinajstić information content (AvgIpc) is 2.77. The molecule has 8 heteroatoms. The Morgan fingerprint density at radius 1 is 1.17 bits per heavy atom. The maximum atomic E-state index is 12.3. The number of nitrogens with zero attached hydrogens (tertiary/aromatic N) is 1. The Morgan fingerprint density at radius 3 is 2.43 bits per heavy atom. The van der Waals surface area contributed by atoms with E-state index >= 15 is 0 Å². The number of benzene rings is 1. The van der Waals surface area contributed by atoms with Gasteiger partial charge in [-0.25, -0.2) is 13.1 Å². The molecular weight excluding hydrogens is 379 g/mol. The van der Waals surface area contributed by atoms with E-state index in [0.717, 1.165) is 19.5 Å². The normalized spacial score (nSPS) is 22.7. The molecule has 1 saturated heterocycles. The molecule has 2 atom stereocenters. The molecule has 2 unspecified atom stereocenters. The van der Waals surface area contributed by atoms with Crippen LogP contribution in [0.3, 0.4) is 0 Å². The molecule has 1 aromatic rings. The van der Waals surface area contributed by atoms with E-state index in [1.54, 1.807) is 0 Å². The van der Waals surface area contributed by atoms with E-state index in [2.05, 4.69) is 23.5 Å². The summed E-state index contributed by atoms with van der Waals surface area (Å²) in [7, 11) is -3.69. The minimum Gasteiger partial charge on any atom is -0.300 e. The van der Waals surface area contributed by atoms with Crippen molar-refractivity contribution < 1.29 is 8.42 Å². The fraction of sp³-hybridized carbons (Fsp3) is 0.600. The van der Waals surface area contributed by atoms with Gasteiger partial charge in [0.1, 0.15) is 4.90 Å². The molecule has 0 spiro atoms. The summed E-state index contributed by atoms with van der Waals surface area (Å²) in [6.45, 7) is 6.76. The number of hydrogen-bond acceptors (Lipinski definition) is 3. The maximum absolute atomic E-state index is 12.3. The van der Waals surface area contributed by atoms with Crippen LogP contribution in [-0.2, 0) is 10.0 Å². The summed E-state index contributed by atoms with van der Waals surface area (Å²) in [4.78, 5) is 2.35. The monoisotopic (exact) mass is 398 g/mol. The quantitative estimate of drug-likeness (QED) is 0.580. The minimum atomic E-state index is -3.69. The lowest BCUT2D eigenvalue weighted by Crippen LogP contribution is -2.32. The lowest BCUT2D eigenvalue weighted by molar-refractivity contribution is 0.262. The topological polar surface area (TPSA) is 49.4 Å². The van der Waals surface area contributed by atoms with Gasteiger partial charge in [-0.1, -0.05) is 41.7 Å². The Kier molecular flexibility index (Phi) is 6.62. The van der Waals surface area contributed by atoms with Gasteiger partial charge in [0.2, 0.25) is 10.0 Å². The van der Waals surface area contributed by atoms with Crippen LogP contribution in [0.1, 0.15) is 26.7 Å². The van der Waals surface area contributed by atoms with Crippen LogP contribution in [0.2, 0.25) is 15.1 Å². The SMILES string of the molecule is CC1CC(C)N(CCCNS(=O)(=O)c2cc(Cl)c(Cl)cc2Cl)C1. The van der Waals surface area contributed by atoms with E-state index in [9.17, 15) is 8.42 Å².